The van der Waals surface area contributed by atoms with Crippen molar-refractivity contribution < 1.29 is 14.3 Å². The normalized spacial score (nSPS) is 10.2. The number of hydrogen-bond acceptors (Lipinski definition) is 3. The third-order valence-electron chi connectivity index (χ3n) is 3.38. The molecule has 2 rings (SSSR count). The predicted molar refractivity (Wildman–Crippen MR) is 83.1 cm³/mol. The van der Waals surface area contributed by atoms with Gasteiger partial charge in [-0.15, -0.1) is 0 Å². The van der Waals surface area contributed by atoms with Crippen LogP contribution in [-0.2, 0) is 17.6 Å². The van der Waals surface area contributed by atoms with E-state index in [0.717, 1.165) is 28.2 Å². The zero-order valence-corrected chi connectivity index (χ0v) is 12.7. The van der Waals surface area contributed by atoms with E-state index in [4.69, 9.17) is 9.47 Å². The molecule has 0 saturated carbocycles. The van der Waals surface area contributed by atoms with E-state index in [0.29, 0.717) is 12.8 Å². The highest BCUT2D eigenvalue weighted by Crippen LogP contribution is 2.21. The second-order valence-electron chi connectivity index (χ2n) is 5.06. The summed E-state index contributed by atoms with van der Waals surface area (Å²) in [5.74, 6) is 1.74. The molecular weight excluding hydrogens is 264 g/mol. The SMILES string of the molecule is COc1ccc(CC(=O)Cc2cc(C)ccc2OC)cc1. The molecule has 0 spiro atoms. The van der Waals surface area contributed by atoms with Gasteiger partial charge in [0, 0.05) is 18.4 Å². The Morgan fingerprint density at radius 1 is 0.952 bits per heavy atom. The first kappa shape index (κ1) is 15.1. The van der Waals surface area contributed by atoms with Crippen molar-refractivity contribution in [3.8, 4) is 11.5 Å². The Labute approximate surface area is 125 Å². The maximum Gasteiger partial charge on any atom is 0.141 e. The van der Waals surface area contributed by atoms with Gasteiger partial charge in [-0.2, -0.15) is 0 Å². The first-order chi connectivity index (χ1) is 10.1. The van der Waals surface area contributed by atoms with Crippen molar-refractivity contribution in [2.45, 2.75) is 19.8 Å². The lowest BCUT2D eigenvalue weighted by molar-refractivity contribution is -0.117. The molecule has 0 atom stereocenters. The van der Waals surface area contributed by atoms with Gasteiger partial charge in [-0.3, -0.25) is 4.79 Å². The fraction of sp³-hybridized carbons (Fsp3) is 0.278. The number of carbonyl (C=O) groups excluding carboxylic acids is 1. The van der Waals surface area contributed by atoms with Gasteiger partial charge in [0.15, 0.2) is 0 Å². The van der Waals surface area contributed by atoms with E-state index >= 15 is 0 Å². The fourth-order valence-corrected chi connectivity index (χ4v) is 2.29. The van der Waals surface area contributed by atoms with Crippen molar-refractivity contribution in [1.82, 2.24) is 0 Å². The number of benzene rings is 2. The Balaban J connectivity index is 2.05. The molecule has 0 unspecified atom stereocenters. The van der Waals surface area contributed by atoms with Crippen molar-refractivity contribution in [1.29, 1.82) is 0 Å². The highest BCUT2D eigenvalue weighted by atomic mass is 16.5. The summed E-state index contributed by atoms with van der Waals surface area (Å²) >= 11 is 0. The van der Waals surface area contributed by atoms with Gasteiger partial charge in [0.05, 0.1) is 14.2 Å². The highest BCUT2D eigenvalue weighted by molar-refractivity contribution is 5.83. The largest absolute Gasteiger partial charge is 0.497 e. The van der Waals surface area contributed by atoms with E-state index in [9.17, 15) is 4.79 Å². The Morgan fingerprint density at radius 3 is 2.29 bits per heavy atom. The summed E-state index contributed by atoms with van der Waals surface area (Å²) in [6, 6.07) is 13.5. The minimum absolute atomic E-state index is 0.170. The minimum Gasteiger partial charge on any atom is -0.497 e. The smallest absolute Gasteiger partial charge is 0.141 e. The Hall–Kier alpha value is -2.29. The Morgan fingerprint density at radius 2 is 1.67 bits per heavy atom. The number of methoxy groups -OCH3 is 2. The average Bonchev–Trinajstić information content (AvgIpc) is 2.48. The molecule has 3 heteroatoms. The number of ether oxygens (including phenoxy) is 2. The van der Waals surface area contributed by atoms with Gasteiger partial charge in [0.25, 0.3) is 0 Å². The van der Waals surface area contributed by atoms with Crippen LogP contribution in [0.25, 0.3) is 0 Å². The molecule has 0 bridgehead atoms. The second-order valence-corrected chi connectivity index (χ2v) is 5.06. The number of hydrogen-bond donors (Lipinski definition) is 0. The zero-order chi connectivity index (χ0) is 15.2. The number of ketones is 1. The van der Waals surface area contributed by atoms with E-state index < -0.39 is 0 Å². The Bertz CT molecular complexity index is 615. The number of rotatable bonds is 6. The lowest BCUT2D eigenvalue weighted by Gasteiger charge is -2.09. The van der Waals surface area contributed by atoms with Gasteiger partial charge in [-0.25, -0.2) is 0 Å². The number of carbonyl (C=O) groups is 1. The quantitative estimate of drug-likeness (QED) is 0.816. The molecule has 110 valence electrons. The molecule has 0 aliphatic rings. The van der Waals surface area contributed by atoms with Crippen LogP contribution in [0.4, 0.5) is 0 Å². The molecule has 0 amide bonds. The van der Waals surface area contributed by atoms with Crippen LogP contribution < -0.4 is 9.47 Å². The topological polar surface area (TPSA) is 35.5 Å². The van der Waals surface area contributed by atoms with Crippen LogP contribution in [0.2, 0.25) is 0 Å². The molecular formula is C18H20O3. The molecule has 0 fully saturated rings. The first-order valence-corrected chi connectivity index (χ1v) is 6.90. The first-order valence-electron chi connectivity index (χ1n) is 6.90. The molecule has 3 nitrogen and oxygen atoms in total. The monoisotopic (exact) mass is 284 g/mol. The summed E-state index contributed by atoms with van der Waals surface area (Å²) in [6.07, 6.45) is 0.804. The molecule has 0 N–H and O–H groups in total. The van der Waals surface area contributed by atoms with E-state index in [1.165, 1.54) is 0 Å². The third kappa shape index (κ3) is 4.09. The maximum atomic E-state index is 12.2. The van der Waals surface area contributed by atoms with Crippen molar-refractivity contribution in [3.63, 3.8) is 0 Å². The Kier molecular flexibility index (Phi) is 4.99. The van der Waals surface area contributed by atoms with Gasteiger partial charge >= 0.3 is 0 Å². The summed E-state index contributed by atoms with van der Waals surface area (Å²) in [6.45, 7) is 2.01. The van der Waals surface area contributed by atoms with Crippen molar-refractivity contribution in [2.75, 3.05) is 14.2 Å². The highest BCUT2D eigenvalue weighted by Gasteiger charge is 2.10. The fourth-order valence-electron chi connectivity index (χ4n) is 2.29. The molecule has 0 aliphatic heterocycles. The van der Waals surface area contributed by atoms with E-state index in [1.807, 2.05) is 49.4 Å². The lowest BCUT2D eigenvalue weighted by atomic mass is 10.0. The van der Waals surface area contributed by atoms with Crippen molar-refractivity contribution in [3.05, 3.63) is 59.2 Å². The summed E-state index contributed by atoms with van der Waals surface area (Å²) in [5.41, 5.74) is 3.06. The predicted octanol–water partition coefficient (Wildman–Crippen LogP) is 3.37. The van der Waals surface area contributed by atoms with E-state index in [2.05, 4.69) is 0 Å². The maximum absolute atomic E-state index is 12.2. The van der Waals surface area contributed by atoms with Crippen LogP contribution in [0.3, 0.4) is 0 Å². The molecule has 0 aromatic heterocycles. The molecule has 0 heterocycles. The van der Waals surface area contributed by atoms with Crippen LogP contribution in [0.5, 0.6) is 11.5 Å². The van der Waals surface area contributed by atoms with Crippen LogP contribution in [0.1, 0.15) is 16.7 Å². The number of aryl methyl sites for hydroxylation is 1. The summed E-state index contributed by atoms with van der Waals surface area (Å²) in [7, 11) is 3.26. The van der Waals surface area contributed by atoms with Gasteiger partial charge in [-0.05, 0) is 30.7 Å². The molecule has 2 aromatic rings. The minimum atomic E-state index is 0.170. The third-order valence-corrected chi connectivity index (χ3v) is 3.38. The molecule has 0 aliphatic carbocycles. The van der Waals surface area contributed by atoms with Crippen LogP contribution in [0.15, 0.2) is 42.5 Å². The van der Waals surface area contributed by atoms with Crippen molar-refractivity contribution >= 4 is 5.78 Å². The van der Waals surface area contributed by atoms with Gasteiger partial charge < -0.3 is 9.47 Å². The van der Waals surface area contributed by atoms with Gasteiger partial charge in [0.1, 0.15) is 17.3 Å². The molecule has 21 heavy (non-hydrogen) atoms. The average molecular weight is 284 g/mol. The van der Waals surface area contributed by atoms with E-state index in [1.54, 1.807) is 14.2 Å². The second kappa shape index (κ2) is 6.93. The van der Waals surface area contributed by atoms with Crippen LogP contribution in [-0.4, -0.2) is 20.0 Å². The van der Waals surface area contributed by atoms with Crippen molar-refractivity contribution in [2.24, 2.45) is 0 Å². The van der Waals surface area contributed by atoms with Crippen LogP contribution >= 0.6 is 0 Å². The molecule has 2 aromatic carbocycles. The zero-order valence-electron chi connectivity index (χ0n) is 12.7. The van der Waals surface area contributed by atoms with E-state index in [-0.39, 0.29) is 5.78 Å². The molecule has 0 saturated heterocycles. The lowest BCUT2D eigenvalue weighted by Crippen LogP contribution is -2.08. The summed E-state index contributed by atoms with van der Waals surface area (Å²) < 4.78 is 10.4. The molecule has 0 radical (unpaired) electrons. The standard InChI is InChI=1S/C18H20O3/c1-13-4-9-18(21-3)15(10-13)12-16(19)11-14-5-7-17(20-2)8-6-14/h4-10H,11-12H2,1-3H3. The number of Topliss-reactive ketones (excluding diaryl/α,β-unsaturated/α-hetero) is 1. The summed E-state index contributed by atoms with van der Waals surface area (Å²) in [5, 5.41) is 0. The van der Waals surface area contributed by atoms with Crippen LogP contribution in [0, 0.1) is 6.92 Å². The van der Waals surface area contributed by atoms with Gasteiger partial charge in [-0.1, -0.05) is 29.8 Å². The summed E-state index contributed by atoms with van der Waals surface area (Å²) in [4.78, 5) is 12.2. The van der Waals surface area contributed by atoms with Gasteiger partial charge in [0.2, 0.25) is 0 Å².